The van der Waals surface area contributed by atoms with Gasteiger partial charge in [-0.3, -0.25) is 19.1 Å². The van der Waals surface area contributed by atoms with Gasteiger partial charge in [0.2, 0.25) is 5.78 Å². The first kappa shape index (κ1) is 20.7. The summed E-state index contributed by atoms with van der Waals surface area (Å²) in [7, 11) is 3.19. The number of rotatable bonds is 7. The van der Waals surface area contributed by atoms with E-state index in [-0.39, 0.29) is 23.7 Å². The van der Waals surface area contributed by atoms with E-state index in [0.29, 0.717) is 31.0 Å². The van der Waals surface area contributed by atoms with E-state index in [4.69, 9.17) is 15.2 Å². The van der Waals surface area contributed by atoms with E-state index in [0.717, 1.165) is 29.0 Å². The second-order valence-corrected chi connectivity index (χ2v) is 7.17. The normalized spacial score (nSPS) is 15.6. The van der Waals surface area contributed by atoms with E-state index >= 15 is 0 Å². The van der Waals surface area contributed by atoms with Crippen LogP contribution in [0.15, 0.2) is 21.7 Å². The number of quaternary nitrogens is 1. The van der Waals surface area contributed by atoms with E-state index < -0.39 is 11.2 Å². The molecule has 1 aromatic carbocycles. The molecule has 1 aromatic heterocycles. The van der Waals surface area contributed by atoms with Crippen LogP contribution in [-0.2, 0) is 19.5 Å². The van der Waals surface area contributed by atoms with Gasteiger partial charge in [-0.1, -0.05) is 6.92 Å². The number of aromatic amines is 1. The minimum absolute atomic E-state index is 0.0613. The summed E-state index contributed by atoms with van der Waals surface area (Å²) < 4.78 is 12.0. The average molecular weight is 403 g/mol. The number of aromatic nitrogens is 2. The van der Waals surface area contributed by atoms with Gasteiger partial charge in [-0.05, 0) is 24.1 Å². The Morgan fingerprint density at radius 2 is 1.86 bits per heavy atom. The minimum Gasteiger partial charge on any atom is -0.493 e. The van der Waals surface area contributed by atoms with Crippen molar-refractivity contribution < 1.29 is 19.2 Å². The molecule has 1 aliphatic rings. The van der Waals surface area contributed by atoms with Crippen molar-refractivity contribution in [2.24, 2.45) is 0 Å². The van der Waals surface area contributed by atoms with Crippen molar-refractivity contribution in [2.75, 3.05) is 33.0 Å². The molecule has 0 saturated heterocycles. The molecule has 0 spiro atoms. The summed E-state index contributed by atoms with van der Waals surface area (Å²) in [5.74, 6) is 0.899. The smallest absolute Gasteiger partial charge is 0.329 e. The van der Waals surface area contributed by atoms with Gasteiger partial charge in [0.1, 0.15) is 24.5 Å². The van der Waals surface area contributed by atoms with Crippen LogP contribution in [0.2, 0.25) is 0 Å². The highest BCUT2D eigenvalue weighted by Gasteiger charge is 2.27. The van der Waals surface area contributed by atoms with Crippen molar-refractivity contribution >= 4 is 11.6 Å². The molecule has 0 saturated carbocycles. The number of nitrogen functional groups attached to an aromatic ring is 1. The Kier molecular flexibility index (Phi) is 6.07. The standard InChI is InChI=1S/C20H26N4O5/c1-4-6-24-18(21)17(19(26)22-20(24)27)14(25)11-23-7-5-12-8-15(28-2)16(29-3)9-13(12)10-23/h8-9H,4-7,10-11,21H2,1-3H3,(H,22,26,27)/p+1. The van der Waals surface area contributed by atoms with E-state index in [2.05, 4.69) is 4.98 Å². The molecule has 0 amide bonds. The Hall–Kier alpha value is -3.07. The lowest BCUT2D eigenvalue weighted by molar-refractivity contribution is -0.907. The molecular weight excluding hydrogens is 376 g/mol. The number of benzene rings is 1. The zero-order valence-corrected chi connectivity index (χ0v) is 17.0. The summed E-state index contributed by atoms with van der Waals surface area (Å²) in [5, 5.41) is 0. The summed E-state index contributed by atoms with van der Waals surface area (Å²) in [6, 6.07) is 3.90. The van der Waals surface area contributed by atoms with Crippen LogP contribution in [0.4, 0.5) is 5.82 Å². The maximum absolute atomic E-state index is 12.9. The lowest BCUT2D eigenvalue weighted by atomic mass is 9.98. The lowest BCUT2D eigenvalue weighted by Crippen LogP contribution is -3.12. The van der Waals surface area contributed by atoms with Crippen molar-refractivity contribution in [1.82, 2.24) is 9.55 Å². The molecule has 4 N–H and O–H groups in total. The number of carbonyl (C=O) groups is 1. The minimum atomic E-state index is -0.729. The fraction of sp³-hybridized carbons (Fsp3) is 0.450. The van der Waals surface area contributed by atoms with Gasteiger partial charge in [0.15, 0.2) is 11.5 Å². The Bertz CT molecular complexity index is 1040. The molecule has 156 valence electrons. The number of Topliss-reactive ketones (excluding diaryl/α,β-unsaturated/α-hetero) is 1. The molecule has 1 aliphatic heterocycles. The number of nitrogens with zero attached hydrogens (tertiary/aromatic N) is 1. The molecular formula is C20H27N4O5+. The molecule has 9 heteroatoms. The second kappa shape index (κ2) is 8.52. The van der Waals surface area contributed by atoms with Crippen molar-refractivity contribution in [3.63, 3.8) is 0 Å². The number of methoxy groups -OCH3 is 2. The number of hydrogen-bond donors (Lipinski definition) is 3. The van der Waals surface area contributed by atoms with E-state index in [9.17, 15) is 14.4 Å². The largest absolute Gasteiger partial charge is 0.493 e. The first-order chi connectivity index (χ1) is 13.9. The number of fused-ring (bicyclic) bond motifs is 1. The third-order valence-electron chi connectivity index (χ3n) is 5.27. The highest BCUT2D eigenvalue weighted by Crippen LogP contribution is 2.31. The number of nitrogens with two attached hydrogens (primary N) is 1. The zero-order valence-electron chi connectivity index (χ0n) is 17.0. The van der Waals surface area contributed by atoms with Gasteiger partial charge < -0.3 is 20.1 Å². The van der Waals surface area contributed by atoms with Crippen LogP contribution in [-0.4, -0.2) is 42.6 Å². The first-order valence-electron chi connectivity index (χ1n) is 9.62. The first-order valence-corrected chi connectivity index (χ1v) is 9.62. The molecule has 1 atom stereocenters. The van der Waals surface area contributed by atoms with Crippen molar-refractivity contribution in [1.29, 1.82) is 0 Å². The SMILES string of the molecule is CCCn1c(N)c(C(=O)C[NH+]2CCc3cc(OC)c(OC)cc3C2)c(=O)[nH]c1=O. The molecule has 9 nitrogen and oxygen atoms in total. The van der Waals surface area contributed by atoms with Crippen LogP contribution < -0.4 is 31.4 Å². The van der Waals surface area contributed by atoms with Crippen LogP contribution in [0.1, 0.15) is 34.8 Å². The predicted octanol–water partition coefficient (Wildman–Crippen LogP) is -0.630. The number of hydrogen-bond acceptors (Lipinski definition) is 6. The molecule has 1 unspecified atom stereocenters. The molecule has 0 fully saturated rings. The van der Waals surface area contributed by atoms with Crippen molar-refractivity contribution in [3.05, 3.63) is 49.7 Å². The second-order valence-electron chi connectivity index (χ2n) is 7.17. The summed E-state index contributed by atoms with van der Waals surface area (Å²) in [4.78, 5) is 40.3. The highest BCUT2D eigenvalue weighted by molar-refractivity contribution is 6.00. The van der Waals surface area contributed by atoms with Crippen molar-refractivity contribution in [3.8, 4) is 11.5 Å². The lowest BCUT2D eigenvalue weighted by Gasteiger charge is -2.26. The van der Waals surface area contributed by atoms with Crippen LogP contribution >= 0.6 is 0 Å². The predicted molar refractivity (Wildman–Crippen MR) is 108 cm³/mol. The maximum atomic E-state index is 12.9. The fourth-order valence-corrected chi connectivity index (χ4v) is 3.80. The van der Waals surface area contributed by atoms with Crippen molar-refractivity contribution in [2.45, 2.75) is 32.9 Å². The summed E-state index contributed by atoms with van der Waals surface area (Å²) in [6.45, 7) is 3.70. The molecule has 29 heavy (non-hydrogen) atoms. The van der Waals surface area contributed by atoms with Crippen LogP contribution in [0, 0.1) is 0 Å². The van der Waals surface area contributed by atoms with Gasteiger partial charge in [-0.2, -0.15) is 0 Å². The van der Waals surface area contributed by atoms with E-state index in [1.54, 1.807) is 14.2 Å². The molecule has 2 heterocycles. The van der Waals surface area contributed by atoms with Crippen LogP contribution in [0.25, 0.3) is 0 Å². The number of carbonyl (C=O) groups excluding carboxylic acids is 1. The summed E-state index contributed by atoms with van der Waals surface area (Å²) in [6.07, 6.45) is 1.43. The maximum Gasteiger partial charge on any atom is 0.329 e. The van der Waals surface area contributed by atoms with E-state index in [1.165, 1.54) is 4.57 Å². The van der Waals surface area contributed by atoms with E-state index in [1.807, 2.05) is 19.1 Å². The van der Waals surface area contributed by atoms with Crippen LogP contribution in [0.5, 0.6) is 11.5 Å². The fourth-order valence-electron chi connectivity index (χ4n) is 3.80. The van der Waals surface area contributed by atoms with Gasteiger partial charge in [0.25, 0.3) is 5.56 Å². The van der Waals surface area contributed by atoms with Gasteiger partial charge >= 0.3 is 5.69 Å². The average Bonchev–Trinajstić information content (AvgIpc) is 2.69. The Morgan fingerprint density at radius 3 is 2.48 bits per heavy atom. The van der Waals surface area contributed by atoms with Gasteiger partial charge in [-0.25, -0.2) is 4.79 Å². The number of ether oxygens (including phenoxy) is 2. The number of anilines is 1. The monoisotopic (exact) mass is 403 g/mol. The summed E-state index contributed by atoms with van der Waals surface area (Å²) in [5.41, 5.74) is 6.79. The molecule has 2 aromatic rings. The molecule has 0 bridgehead atoms. The quantitative estimate of drug-likeness (QED) is 0.530. The summed E-state index contributed by atoms with van der Waals surface area (Å²) >= 11 is 0. The highest BCUT2D eigenvalue weighted by atomic mass is 16.5. The Morgan fingerprint density at radius 1 is 1.21 bits per heavy atom. The molecule has 0 radical (unpaired) electrons. The Balaban J connectivity index is 1.84. The third kappa shape index (κ3) is 4.04. The number of ketones is 1. The Labute approximate surface area is 168 Å². The van der Waals surface area contributed by atoms with Gasteiger partial charge in [-0.15, -0.1) is 0 Å². The third-order valence-corrected chi connectivity index (χ3v) is 5.27. The van der Waals surface area contributed by atoms with Gasteiger partial charge in [0.05, 0.1) is 20.8 Å². The van der Waals surface area contributed by atoms with Gasteiger partial charge in [0, 0.05) is 18.5 Å². The molecule has 0 aliphatic carbocycles. The number of H-pyrrole nitrogens is 1. The molecule has 3 rings (SSSR count). The topological polar surface area (TPSA) is 121 Å². The number of nitrogens with one attached hydrogen (secondary N) is 2. The zero-order chi connectivity index (χ0) is 21.1. The van der Waals surface area contributed by atoms with Crippen LogP contribution in [0.3, 0.4) is 0 Å².